The van der Waals surface area contributed by atoms with Crippen LogP contribution in [0.15, 0.2) is 25.3 Å². The molecule has 0 fully saturated rings. The van der Waals surface area contributed by atoms with Crippen LogP contribution in [0, 0.1) is 0 Å². The molecule has 0 rings (SSSR count). The van der Waals surface area contributed by atoms with Gasteiger partial charge < -0.3 is 18.9 Å². The molecule has 14 heteroatoms. The number of rotatable bonds is 13. The van der Waals surface area contributed by atoms with Crippen molar-refractivity contribution in [1.82, 2.24) is 0 Å². The van der Waals surface area contributed by atoms with Gasteiger partial charge in [-0.2, -0.15) is 35.1 Å². The third-order valence-corrected chi connectivity index (χ3v) is 3.62. The predicted molar refractivity (Wildman–Crippen MR) is 87.8 cm³/mol. The average Bonchev–Trinajstić information content (AvgIpc) is 2.62. The molecule has 180 valence electrons. The van der Waals surface area contributed by atoms with E-state index in [0.29, 0.717) is 12.2 Å². The zero-order valence-corrected chi connectivity index (χ0v) is 16.5. The molecule has 0 saturated carbocycles. The first-order chi connectivity index (χ1) is 13.7. The summed E-state index contributed by atoms with van der Waals surface area (Å²) in [5.74, 6) is -12.7. The number of alkyl halides is 8. The normalized spacial score (nSPS) is 14.5. The van der Waals surface area contributed by atoms with E-state index in [-0.39, 0.29) is 20.8 Å². The summed E-state index contributed by atoms with van der Waals surface area (Å²) in [5, 5.41) is 0. The first-order valence-electron chi connectivity index (χ1n) is 8.22. The first-order valence-corrected chi connectivity index (χ1v) is 8.22. The van der Waals surface area contributed by atoms with Gasteiger partial charge in [0.05, 0.1) is 0 Å². The highest BCUT2D eigenvalue weighted by Crippen LogP contribution is 2.46. The summed E-state index contributed by atoms with van der Waals surface area (Å²) in [5.41, 5.74) is -3.37. The second-order valence-electron chi connectivity index (χ2n) is 6.48. The smallest absolute Gasteiger partial charge is 0.422 e. The first kappa shape index (κ1) is 28.8. The van der Waals surface area contributed by atoms with Crippen molar-refractivity contribution in [3.05, 3.63) is 25.3 Å². The van der Waals surface area contributed by atoms with Crippen LogP contribution in [0.4, 0.5) is 35.1 Å². The molecular formula is C17H20F8O6. The summed E-state index contributed by atoms with van der Waals surface area (Å²) >= 11 is 0. The van der Waals surface area contributed by atoms with Crippen LogP contribution in [0.3, 0.4) is 0 Å². The molecule has 0 aromatic carbocycles. The number of ether oxygens (including phenoxy) is 4. The summed E-state index contributed by atoms with van der Waals surface area (Å²) in [4.78, 5) is 21.6. The molecule has 0 heterocycles. The standard InChI is InChI=1S/C17H20F8O6/c1-6-11(26)28-8-14(18,19)13(4,5)31-17(24,25)16(22,23)10(3)30-15(20,21)9-29-12(27)7-2/h6-7,10H,1-2,8-9H2,3-5H3. The van der Waals surface area contributed by atoms with Crippen LogP contribution < -0.4 is 0 Å². The number of carbonyl (C=O) groups is 2. The highest BCUT2D eigenvalue weighted by Gasteiger charge is 2.67. The Morgan fingerprint density at radius 2 is 1.29 bits per heavy atom. The highest BCUT2D eigenvalue weighted by atomic mass is 19.3. The average molecular weight is 472 g/mol. The van der Waals surface area contributed by atoms with Gasteiger partial charge in [0.15, 0.2) is 13.2 Å². The minimum atomic E-state index is -5.75. The molecule has 0 aromatic heterocycles. The molecule has 6 nitrogen and oxygen atoms in total. The van der Waals surface area contributed by atoms with Crippen LogP contribution >= 0.6 is 0 Å². The zero-order chi connectivity index (χ0) is 24.9. The molecule has 1 unspecified atom stereocenters. The summed E-state index contributed by atoms with van der Waals surface area (Å²) < 4.78 is 126. The van der Waals surface area contributed by atoms with E-state index in [4.69, 9.17) is 0 Å². The maximum Gasteiger partial charge on any atom is 0.422 e. The Hall–Kier alpha value is -2.22. The second-order valence-corrected chi connectivity index (χ2v) is 6.48. The van der Waals surface area contributed by atoms with E-state index in [1.807, 2.05) is 0 Å². The van der Waals surface area contributed by atoms with Gasteiger partial charge in [-0.1, -0.05) is 13.2 Å². The van der Waals surface area contributed by atoms with Crippen molar-refractivity contribution in [3.8, 4) is 0 Å². The van der Waals surface area contributed by atoms with Crippen molar-refractivity contribution >= 4 is 11.9 Å². The van der Waals surface area contributed by atoms with Gasteiger partial charge in [0.2, 0.25) is 0 Å². The molecule has 0 spiro atoms. The Morgan fingerprint density at radius 1 is 0.871 bits per heavy atom. The Labute approximate surface area is 171 Å². The Bertz CT molecular complexity index is 678. The van der Waals surface area contributed by atoms with Gasteiger partial charge in [-0.25, -0.2) is 9.59 Å². The number of esters is 2. The Kier molecular flexibility index (Phi) is 9.22. The number of hydrogen-bond donors (Lipinski definition) is 0. The maximum absolute atomic E-state index is 14.1. The minimum Gasteiger partial charge on any atom is -0.456 e. The van der Waals surface area contributed by atoms with Crippen molar-refractivity contribution in [2.75, 3.05) is 13.2 Å². The van der Waals surface area contributed by atoms with Crippen molar-refractivity contribution in [2.24, 2.45) is 0 Å². The lowest BCUT2D eigenvalue weighted by atomic mass is 10.0. The van der Waals surface area contributed by atoms with E-state index >= 15 is 0 Å². The molecule has 31 heavy (non-hydrogen) atoms. The van der Waals surface area contributed by atoms with Gasteiger partial charge in [-0.05, 0) is 20.8 Å². The molecule has 0 amide bonds. The molecule has 0 bridgehead atoms. The van der Waals surface area contributed by atoms with E-state index in [0.717, 1.165) is 0 Å². The number of carbonyl (C=O) groups excluding carboxylic acids is 2. The van der Waals surface area contributed by atoms with Crippen LogP contribution in [-0.2, 0) is 28.5 Å². The van der Waals surface area contributed by atoms with Crippen molar-refractivity contribution in [1.29, 1.82) is 0 Å². The van der Waals surface area contributed by atoms with Crippen LogP contribution in [-0.4, -0.2) is 60.9 Å². The minimum absolute atomic E-state index is 0.0947. The fourth-order valence-corrected chi connectivity index (χ4v) is 1.68. The second kappa shape index (κ2) is 9.94. The molecule has 0 aromatic rings. The van der Waals surface area contributed by atoms with Crippen LogP contribution in [0.5, 0.6) is 0 Å². The molecule has 0 saturated heterocycles. The summed E-state index contributed by atoms with van der Waals surface area (Å²) in [6.45, 7) is 2.72. The quantitative estimate of drug-likeness (QED) is 0.228. The molecule has 0 aliphatic rings. The third-order valence-electron chi connectivity index (χ3n) is 3.62. The third kappa shape index (κ3) is 7.76. The fraction of sp³-hybridized carbons (Fsp3) is 0.647. The molecule has 0 aliphatic carbocycles. The summed E-state index contributed by atoms with van der Waals surface area (Å²) in [7, 11) is 0. The summed E-state index contributed by atoms with van der Waals surface area (Å²) in [6.07, 6.45) is -12.8. The van der Waals surface area contributed by atoms with E-state index < -0.39 is 60.9 Å². The van der Waals surface area contributed by atoms with Gasteiger partial charge in [0.25, 0.3) is 0 Å². The van der Waals surface area contributed by atoms with Gasteiger partial charge in [-0.15, -0.1) is 0 Å². The Morgan fingerprint density at radius 3 is 1.71 bits per heavy atom. The van der Waals surface area contributed by atoms with E-state index in [1.54, 1.807) is 0 Å². The highest BCUT2D eigenvalue weighted by molar-refractivity contribution is 5.81. The van der Waals surface area contributed by atoms with Gasteiger partial charge in [0, 0.05) is 12.2 Å². The van der Waals surface area contributed by atoms with Crippen LogP contribution in [0.25, 0.3) is 0 Å². The summed E-state index contributed by atoms with van der Waals surface area (Å²) in [6, 6.07) is 0. The van der Waals surface area contributed by atoms with E-state index in [9.17, 15) is 44.7 Å². The van der Waals surface area contributed by atoms with E-state index in [1.165, 1.54) is 0 Å². The number of halogens is 8. The SMILES string of the molecule is C=CC(=O)OCC(F)(F)OC(C)C(F)(F)C(F)(F)OC(C)(C)C(F)(F)COC(=O)C=C. The van der Waals surface area contributed by atoms with Crippen molar-refractivity contribution in [2.45, 2.75) is 56.5 Å². The zero-order valence-electron chi connectivity index (χ0n) is 16.5. The lowest BCUT2D eigenvalue weighted by Gasteiger charge is -2.39. The molecule has 0 N–H and O–H groups in total. The molecule has 0 aliphatic heterocycles. The number of hydrogen-bond acceptors (Lipinski definition) is 6. The fourth-order valence-electron chi connectivity index (χ4n) is 1.68. The monoisotopic (exact) mass is 472 g/mol. The lowest BCUT2D eigenvalue weighted by Crippen LogP contribution is -2.59. The largest absolute Gasteiger partial charge is 0.456 e. The van der Waals surface area contributed by atoms with Crippen LogP contribution in [0.1, 0.15) is 20.8 Å². The van der Waals surface area contributed by atoms with Crippen LogP contribution in [0.2, 0.25) is 0 Å². The van der Waals surface area contributed by atoms with Gasteiger partial charge in [0.1, 0.15) is 11.7 Å². The van der Waals surface area contributed by atoms with Gasteiger partial charge in [-0.3, -0.25) is 0 Å². The molecule has 0 radical (unpaired) electrons. The predicted octanol–water partition coefficient (Wildman–Crippen LogP) is 4.10. The van der Waals surface area contributed by atoms with E-state index in [2.05, 4.69) is 32.1 Å². The topological polar surface area (TPSA) is 71.1 Å². The lowest BCUT2D eigenvalue weighted by molar-refractivity contribution is -0.428. The molecular weight excluding hydrogens is 452 g/mol. The maximum atomic E-state index is 14.1. The van der Waals surface area contributed by atoms with Crippen molar-refractivity contribution < 1.29 is 63.7 Å². The van der Waals surface area contributed by atoms with Gasteiger partial charge >= 0.3 is 36.0 Å². The molecule has 1 atom stereocenters. The van der Waals surface area contributed by atoms with Crippen molar-refractivity contribution in [3.63, 3.8) is 0 Å². The Balaban J connectivity index is 5.43.